The molecule has 1 saturated heterocycles. The first kappa shape index (κ1) is 21.5. The number of phenols is 1. The fourth-order valence-electron chi connectivity index (χ4n) is 4.19. The Kier molecular flexibility index (Phi) is 6.96. The van der Waals surface area contributed by atoms with Gasteiger partial charge in [0.05, 0.1) is 12.2 Å². The number of aromatic hydroxyl groups is 1. The normalized spacial score (nSPS) is 16.9. The highest BCUT2D eigenvalue weighted by atomic mass is 32.1. The van der Waals surface area contributed by atoms with Gasteiger partial charge in [-0.05, 0) is 42.5 Å². The number of amides is 1. The minimum Gasteiger partial charge on any atom is -0.506 e. The number of fused-ring (bicyclic) bond motifs is 1. The molecule has 4 rings (SSSR count). The maximum atomic E-state index is 12.7. The zero-order valence-corrected chi connectivity index (χ0v) is 18.9. The van der Waals surface area contributed by atoms with E-state index in [0.29, 0.717) is 18.7 Å². The third-order valence-corrected chi connectivity index (χ3v) is 6.91. The molecule has 0 bridgehead atoms. The number of nitrogens with zero attached hydrogens (tertiary/aromatic N) is 4. The van der Waals surface area contributed by atoms with E-state index in [2.05, 4.69) is 33.5 Å². The zero-order valence-electron chi connectivity index (χ0n) is 18.1. The molecule has 0 atom stereocenters. The Hall–Kier alpha value is -2.74. The number of phenolic OH excluding ortho intramolecular Hbond substituents is 1. The van der Waals surface area contributed by atoms with Crippen LogP contribution in [-0.2, 0) is 17.8 Å². The van der Waals surface area contributed by atoms with Crippen molar-refractivity contribution in [3.8, 4) is 5.75 Å². The summed E-state index contributed by atoms with van der Waals surface area (Å²) >= 11 is 1.79. The molecule has 8 heteroatoms. The van der Waals surface area contributed by atoms with Crippen LogP contribution in [-0.4, -0.2) is 72.6 Å². The molecule has 2 N–H and O–H groups in total. The van der Waals surface area contributed by atoms with Gasteiger partial charge in [0.1, 0.15) is 5.75 Å². The molecule has 1 amide bonds. The molecule has 2 aliphatic rings. The lowest BCUT2D eigenvalue weighted by Crippen LogP contribution is -2.52. The van der Waals surface area contributed by atoms with Crippen LogP contribution in [0.1, 0.15) is 23.8 Å². The Morgan fingerprint density at radius 2 is 1.94 bits per heavy atom. The monoisotopic (exact) mass is 441 g/mol. The second-order valence-electron chi connectivity index (χ2n) is 7.88. The van der Waals surface area contributed by atoms with Gasteiger partial charge in [0.2, 0.25) is 5.91 Å². The van der Waals surface area contributed by atoms with Crippen LogP contribution in [0.25, 0.3) is 0 Å². The summed E-state index contributed by atoms with van der Waals surface area (Å²) in [6.07, 6.45) is 1.40. The molecule has 2 aliphatic heterocycles. The minimum atomic E-state index is 0.181. The van der Waals surface area contributed by atoms with Gasteiger partial charge >= 0.3 is 0 Å². The van der Waals surface area contributed by atoms with Gasteiger partial charge in [-0.3, -0.25) is 9.79 Å². The number of guanidine groups is 1. The number of rotatable bonds is 5. The molecule has 0 radical (unpaired) electrons. The average Bonchev–Trinajstić information content (AvgIpc) is 3.27. The standard InChI is InChI=1S/C23H31N5O2S/c1-2-24-23(27-14-12-26(13-15-27)19-5-3-4-6-20(19)29)25-10-7-22(30)28-11-8-21-18(17-28)9-16-31-21/h3-6,9,16,29H,2,7-8,10-15,17H2,1H3,(H,24,25). The second-order valence-corrected chi connectivity index (χ2v) is 8.88. The second kappa shape index (κ2) is 10.0. The van der Waals surface area contributed by atoms with Crippen molar-refractivity contribution in [3.63, 3.8) is 0 Å². The highest BCUT2D eigenvalue weighted by Gasteiger charge is 2.23. The van der Waals surface area contributed by atoms with Crippen LogP contribution in [0.2, 0.25) is 0 Å². The van der Waals surface area contributed by atoms with Crippen LogP contribution in [0.3, 0.4) is 0 Å². The van der Waals surface area contributed by atoms with Crippen molar-refractivity contribution < 1.29 is 9.90 Å². The highest BCUT2D eigenvalue weighted by molar-refractivity contribution is 7.10. The Labute approximate surface area is 188 Å². The Bertz CT molecular complexity index is 920. The molecule has 1 aromatic heterocycles. The molecule has 0 unspecified atom stereocenters. The van der Waals surface area contributed by atoms with E-state index in [1.54, 1.807) is 17.4 Å². The van der Waals surface area contributed by atoms with Gasteiger partial charge in [0.15, 0.2) is 5.96 Å². The molecular formula is C23H31N5O2S. The number of carbonyl (C=O) groups is 1. The fraction of sp³-hybridized carbons (Fsp3) is 0.478. The van der Waals surface area contributed by atoms with Crippen LogP contribution < -0.4 is 10.2 Å². The molecule has 3 heterocycles. The van der Waals surface area contributed by atoms with Crippen molar-refractivity contribution in [2.24, 2.45) is 4.99 Å². The molecule has 166 valence electrons. The first-order valence-corrected chi connectivity index (χ1v) is 11.9. The van der Waals surface area contributed by atoms with Crippen LogP contribution in [0, 0.1) is 0 Å². The number of piperazine rings is 1. The molecule has 0 saturated carbocycles. The summed E-state index contributed by atoms with van der Waals surface area (Å²) in [6.45, 7) is 8.16. The van der Waals surface area contributed by atoms with Gasteiger partial charge in [-0.1, -0.05) is 12.1 Å². The number of carbonyl (C=O) groups excluding carboxylic acids is 1. The quantitative estimate of drug-likeness (QED) is 0.551. The highest BCUT2D eigenvalue weighted by Crippen LogP contribution is 2.27. The summed E-state index contributed by atoms with van der Waals surface area (Å²) in [6, 6.07) is 9.61. The van der Waals surface area contributed by atoms with Crippen molar-refractivity contribution >= 4 is 28.9 Å². The van der Waals surface area contributed by atoms with Crippen molar-refractivity contribution in [1.29, 1.82) is 0 Å². The number of anilines is 1. The van der Waals surface area contributed by atoms with Gasteiger partial charge in [0, 0.05) is 57.1 Å². The summed E-state index contributed by atoms with van der Waals surface area (Å²) in [5, 5.41) is 15.6. The number of hydrogen-bond donors (Lipinski definition) is 2. The Morgan fingerprint density at radius 3 is 2.71 bits per heavy atom. The summed E-state index contributed by atoms with van der Waals surface area (Å²) in [5.41, 5.74) is 2.17. The number of benzene rings is 1. The van der Waals surface area contributed by atoms with E-state index in [0.717, 1.165) is 63.9 Å². The third-order valence-electron chi connectivity index (χ3n) is 5.88. The van der Waals surface area contributed by atoms with E-state index in [9.17, 15) is 9.90 Å². The van der Waals surface area contributed by atoms with Crippen LogP contribution in [0.15, 0.2) is 40.7 Å². The van der Waals surface area contributed by atoms with Crippen LogP contribution >= 0.6 is 11.3 Å². The molecular weight excluding hydrogens is 410 g/mol. The van der Waals surface area contributed by atoms with Crippen molar-refractivity contribution in [3.05, 3.63) is 46.2 Å². The van der Waals surface area contributed by atoms with Gasteiger partial charge in [-0.15, -0.1) is 11.3 Å². The first-order chi connectivity index (χ1) is 15.2. The predicted molar refractivity (Wildman–Crippen MR) is 126 cm³/mol. The van der Waals surface area contributed by atoms with E-state index in [4.69, 9.17) is 4.99 Å². The molecule has 0 spiro atoms. The van der Waals surface area contributed by atoms with Gasteiger partial charge in [-0.2, -0.15) is 0 Å². The molecule has 31 heavy (non-hydrogen) atoms. The lowest BCUT2D eigenvalue weighted by Gasteiger charge is -2.37. The number of hydrogen-bond acceptors (Lipinski definition) is 5. The van der Waals surface area contributed by atoms with Crippen molar-refractivity contribution in [1.82, 2.24) is 15.1 Å². The van der Waals surface area contributed by atoms with E-state index < -0.39 is 0 Å². The van der Waals surface area contributed by atoms with E-state index in [1.165, 1.54) is 10.4 Å². The molecule has 7 nitrogen and oxygen atoms in total. The van der Waals surface area contributed by atoms with Gasteiger partial charge < -0.3 is 25.1 Å². The van der Waals surface area contributed by atoms with Crippen molar-refractivity contribution in [2.45, 2.75) is 26.3 Å². The van der Waals surface area contributed by atoms with E-state index in [-0.39, 0.29) is 5.91 Å². The summed E-state index contributed by atoms with van der Waals surface area (Å²) in [7, 11) is 0. The molecule has 1 aromatic carbocycles. The lowest BCUT2D eigenvalue weighted by atomic mass is 10.1. The minimum absolute atomic E-state index is 0.181. The smallest absolute Gasteiger partial charge is 0.224 e. The number of nitrogens with one attached hydrogen (secondary N) is 1. The zero-order chi connectivity index (χ0) is 21.6. The molecule has 0 aliphatic carbocycles. The van der Waals surface area contributed by atoms with Crippen LogP contribution in [0.5, 0.6) is 5.75 Å². The maximum absolute atomic E-state index is 12.7. The number of thiophene rings is 1. The Balaban J connectivity index is 1.29. The maximum Gasteiger partial charge on any atom is 0.224 e. The Morgan fingerprint density at radius 1 is 1.13 bits per heavy atom. The van der Waals surface area contributed by atoms with Crippen LogP contribution in [0.4, 0.5) is 5.69 Å². The molecule has 1 fully saturated rings. The average molecular weight is 442 g/mol. The van der Waals surface area contributed by atoms with Gasteiger partial charge in [-0.25, -0.2) is 0 Å². The summed E-state index contributed by atoms with van der Waals surface area (Å²) < 4.78 is 0. The predicted octanol–water partition coefficient (Wildman–Crippen LogP) is 2.52. The van der Waals surface area contributed by atoms with E-state index in [1.807, 2.05) is 23.1 Å². The number of aliphatic imine (C=N–C) groups is 1. The SMILES string of the molecule is CCNC(=NCCC(=O)N1CCc2sccc2C1)N1CCN(c2ccccc2O)CC1. The number of para-hydroxylation sites is 2. The topological polar surface area (TPSA) is 71.4 Å². The summed E-state index contributed by atoms with van der Waals surface area (Å²) in [5.74, 6) is 1.37. The largest absolute Gasteiger partial charge is 0.506 e. The summed E-state index contributed by atoms with van der Waals surface area (Å²) in [4.78, 5) is 25.2. The van der Waals surface area contributed by atoms with Crippen molar-refractivity contribution in [2.75, 3.05) is 50.7 Å². The fourth-order valence-corrected chi connectivity index (χ4v) is 5.08. The lowest BCUT2D eigenvalue weighted by molar-refractivity contribution is -0.131. The third kappa shape index (κ3) is 5.12. The van der Waals surface area contributed by atoms with Gasteiger partial charge in [0.25, 0.3) is 0 Å². The van der Waals surface area contributed by atoms with E-state index >= 15 is 0 Å². The first-order valence-electron chi connectivity index (χ1n) is 11.0. The molecule has 2 aromatic rings.